The molecule has 28 heavy (non-hydrogen) atoms. The molecule has 2 aromatic rings. The van der Waals surface area contributed by atoms with Gasteiger partial charge in [-0.1, -0.05) is 35.9 Å². The van der Waals surface area contributed by atoms with Gasteiger partial charge < -0.3 is 10.1 Å². The number of imide groups is 1. The van der Waals surface area contributed by atoms with E-state index in [1.807, 2.05) is 31.2 Å². The van der Waals surface area contributed by atoms with Crippen molar-refractivity contribution in [3.63, 3.8) is 0 Å². The molecule has 0 atom stereocenters. The van der Waals surface area contributed by atoms with Crippen LogP contribution in [0.1, 0.15) is 11.1 Å². The lowest BCUT2D eigenvalue weighted by Crippen LogP contribution is -2.36. The normalized spacial score (nSPS) is 15.2. The van der Waals surface area contributed by atoms with Crippen LogP contribution in [-0.2, 0) is 9.59 Å². The summed E-state index contributed by atoms with van der Waals surface area (Å²) >= 11 is 6.85. The summed E-state index contributed by atoms with van der Waals surface area (Å²) in [7, 11) is 1.49. The Kier molecular flexibility index (Phi) is 6.06. The number of aryl methyl sites for hydroxylation is 1. The first-order valence-corrected chi connectivity index (χ1v) is 9.53. The van der Waals surface area contributed by atoms with Crippen molar-refractivity contribution in [1.29, 1.82) is 0 Å². The monoisotopic (exact) mass is 416 g/mol. The summed E-state index contributed by atoms with van der Waals surface area (Å²) in [5.41, 5.74) is 2.28. The second-order valence-corrected chi connectivity index (χ2v) is 7.42. The Hall–Kier alpha value is -2.77. The van der Waals surface area contributed by atoms with Crippen molar-refractivity contribution >= 4 is 52.2 Å². The van der Waals surface area contributed by atoms with Crippen LogP contribution in [0.15, 0.2) is 47.4 Å². The summed E-state index contributed by atoms with van der Waals surface area (Å²) in [5, 5.41) is 2.48. The number of benzene rings is 2. The van der Waals surface area contributed by atoms with Gasteiger partial charge in [-0.05, 0) is 54.1 Å². The van der Waals surface area contributed by atoms with Gasteiger partial charge >= 0.3 is 0 Å². The largest absolute Gasteiger partial charge is 0.495 e. The predicted molar refractivity (Wildman–Crippen MR) is 110 cm³/mol. The summed E-state index contributed by atoms with van der Waals surface area (Å²) in [6, 6.07) is 12.3. The number of thioether (sulfide) groups is 1. The van der Waals surface area contributed by atoms with E-state index in [-0.39, 0.29) is 6.54 Å². The van der Waals surface area contributed by atoms with E-state index in [1.54, 1.807) is 18.2 Å². The highest BCUT2D eigenvalue weighted by Crippen LogP contribution is 2.33. The first-order valence-electron chi connectivity index (χ1n) is 8.33. The van der Waals surface area contributed by atoms with Gasteiger partial charge in [0.1, 0.15) is 12.3 Å². The minimum Gasteiger partial charge on any atom is -0.495 e. The van der Waals surface area contributed by atoms with Crippen molar-refractivity contribution in [2.75, 3.05) is 19.0 Å². The van der Waals surface area contributed by atoms with Gasteiger partial charge in [-0.3, -0.25) is 19.3 Å². The molecule has 0 aliphatic carbocycles. The van der Waals surface area contributed by atoms with Crippen LogP contribution >= 0.6 is 23.4 Å². The molecule has 0 saturated carbocycles. The molecule has 1 heterocycles. The molecule has 2 aromatic carbocycles. The molecule has 0 aromatic heterocycles. The third-order valence-electron chi connectivity index (χ3n) is 4.09. The second kappa shape index (κ2) is 8.50. The van der Waals surface area contributed by atoms with Crippen LogP contribution in [0.25, 0.3) is 6.08 Å². The Labute approximate surface area is 171 Å². The lowest BCUT2D eigenvalue weighted by atomic mass is 10.1. The summed E-state index contributed by atoms with van der Waals surface area (Å²) in [6.07, 6.45) is 1.67. The Morgan fingerprint density at radius 1 is 1.25 bits per heavy atom. The summed E-state index contributed by atoms with van der Waals surface area (Å²) < 4.78 is 5.06. The van der Waals surface area contributed by atoms with Crippen LogP contribution in [0.4, 0.5) is 10.5 Å². The number of anilines is 1. The maximum absolute atomic E-state index is 12.6. The lowest BCUT2D eigenvalue weighted by molar-refractivity contribution is -0.127. The molecule has 0 radical (unpaired) electrons. The molecule has 3 rings (SSSR count). The molecule has 0 unspecified atom stereocenters. The third kappa shape index (κ3) is 4.37. The summed E-state index contributed by atoms with van der Waals surface area (Å²) in [5.74, 6) is -0.506. The smallest absolute Gasteiger partial charge is 0.294 e. The molecule has 0 spiro atoms. The minimum atomic E-state index is -0.499. The van der Waals surface area contributed by atoms with Gasteiger partial charge in [-0.2, -0.15) is 0 Å². The van der Waals surface area contributed by atoms with E-state index in [0.29, 0.717) is 21.4 Å². The molecule has 8 heteroatoms. The number of nitrogens with one attached hydrogen (secondary N) is 1. The van der Waals surface area contributed by atoms with Gasteiger partial charge in [-0.25, -0.2) is 0 Å². The van der Waals surface area contributed by atoms with Crippen LogP contribution in [0.5, 0.6) is 5.75 Å². The SMILES string of the molecule is COc1ccc(NC(=O)CN2C(=O)SC(=Cc3ccccc3C)C2=O)cc1Cl. The number of carbonyl (C=O) groups is 3. The number of rotatable bonds is 5. The molecule has 144 valence electrons. The predicted octanol–water partition coefficient (Wildman–Crippen LogP) is 4.33. The van der Waals surface area contributed by atoms with Crippen molar-refractivity contribution in [3.05, 3.63) is 63.5 Å². The van der Waals surface area contributed by atoms with E-state index in [0.717, 1.165) is 27.8 Å². The highest BCUT2D eigenvalue weighted by atomic mass is 35.5. The molecule has 1 aliphatic rings. The van der Waals surface area contributed by atoms with Crippen LogP contribution in [-0.4, -0.2) is 35.6 Å². The van der Waals surface area contributed by atoms with Gasteiger partial charge in [0.25, 0.3) is 11.1 Å². The summed E-state index contributed by atoms with van der Waals surface area (Å²) in [6.45, 7) is 1.54. The van der Waals surface area contributed by atoms with Gasteiger partial charge in [0, 0.05) is 5.69 Å². The van der Waals surface area contributed by atoms with Crippen LogP contribution in [0.2, 0.25) is 5.02 Å². The summed E-state index contributed by atoms with van der Waals surface area (Å²) in [4.78, 5) is 38.3. The number of ether oxygens (including phenoxy) is 1. The zero-order valence-corrected chi connectivity index (χ0v) is 16.8. The Balaban J connectivity index is 1.69. The van der Waals surface area contributed by atoms with Crippen molar-refractivity contribution in [2.24, 2.45) is 0 Å². The molecular weight excluding hydrogens is 400 g/mol. The first kappa shape index (κ1) is 20.0. The number of amides is 3. The van der Waals surface area contributed by atoms with Crippen molar-refractivity contribution in [3.8, 4) is 5.75 Å². The van der Waals surface area contributed by atoms with Gasteiger partial charge in [-0.15, -0.1) is 0 Å². The van der Waals surface area contributed by atoms with Crippen LogP contribution in [0.3, 0.4) is 0 Å². The zero-order chi connectivity index (χ0) is 20.3. The fourth-order valence-corrected chi connectivity index (χ4v) is 3.70. The number of methoxy groups -OCH3 is 1. The highest BCUT2D eigenvalue weighted by Gasteiger charge is 2.36. The van der Waals surface area contributed by atoms with Crippen molar-refractivity contribution in [2.45, 2.75) is 6.92 Å². The topological polar surface area (TPSA) is 75.7 Å². The Morgan fingerprint density at radius 2 is 2.00 bits per heavy atom. The van der Waals surface area contributed by atoms with Crippen molar-refractivity contribution in [1.82, 2.24) is 4.90 Å². The van der Waals surface area contributed by atoms with E-state index in [9.17, 15) is 14.4 Å². The number of hydrogen-bond acceptors (Lipinski definition) is 5. The van der Waals surface area contributed by atoms with Gasteiger partial charge in [0.2, 0.25) is 5.91 Å². The number of hydrogen-bond donors (Lipinski definition) is 1. The molecule has 1 saturated heterocycles. The average molecular weight is 417 g/mol. The van der Waals surface area contributed by atoms with E-state index in [4.69, 9.17) is 16.3 Å². The maximum atomic E-state index is 12.6. The zero-order valence-electron chi connectivity index (χ0n) is 15.2. The molecule has 0 bridgehead atoms. The highest BCUT2D eigenvalue weighted by molar-refractivity contribution is 8.18. The van der Waals surface area contributed by atoms with E-state index in [2.05, 4.69) is 5.32 Å². The second-order valence-electron chi connectivity index (χ2n) is 6.02. The Bertz CT molecular complexity index is 990. The fraction of sp³-hybridized carbons (Fsp3) is 0.150. The van der Waals surface area contributed by atoms with E-state index >= 15 is 0 Å². The van der Waals surface area contributed by atoms with Gasteiger partial charge in [0.15, 0.2) is 0 Å². The molecule has 3 amide bonds. The molecule has 6 nitrogen and oxygen atoms in total. The van der Waals surface area contributed by atoms with Crippen LogP contribution in [0, 0.1) is 6.92 Å². The first-order chi connectivity index (χ1) is 13.4. The van der Waals surface area contributed by atoms with E-state index < -0.39 is 17.1 Å². The third-order valence-corrected chi connectivity index (χ3v) is 5.29. The Morgan fingerprint density at radius 3 is 2.68 bits per heavy atom. The molecule has 1 aliphatic heterocycles. The minimum absolute atomic E-state index is 0.291. The van der Waals surface area contributed by atoms with Gasteiger partial charge in [0.05, 0.1) is 17.0 Å². The molecular formula is C20H17ClN2O4S. The standard InChI is InChI=1S/C20H17ClN2O4S/c1-12-5-3-4-6-13(12)9-17-19(25)23(20(26)28-17)11-18(24)22-14-7-8-16(27-2)15(21)10-14/h3-10H,11H2,1-2H3,(H,22,24). The maximum Gasteiger partial charge on any atom is 0.294 e. The lowest BCUT2D eigenvalue weighted by Gasteiger charge is -2.13. The van der Waals surface area contributed by atoms with Crippen LogP contribution < -0.4 is 10.1 Å². The number of nitrogens with zero attached hydrogens (tertiary/aromatic N) is 1. The number of halogens is 1. The fourth-order valence-electron chi connectivity index (χ4n) is 2.61. The number of carbonyl (C=O) groups excluding carboxylic acids is 3. The molecule has 1 fully saturated rings. The quantitative estimate of drug-likeness (QED) is 0.734. The van der Waals surface area contributed by atoms with E-state index in [1.165, 1.54) is 13.2 Å². The average Bonchev–Trinajstić information content (AvgIpc) is 2.91. The molecule has 1 N–H and O–H groups in total. The van der Waals surface area contributed by atoms with Crippen molar-refractivity contribution < 1.29 is 19.1 Å².